The summed E-state index contributed by atoms with van der Waals surface area (Å²) in [6, 6.07) is 0. The van der Waals surface area contributed by atoms with Crippen molar-refractivity contribution in [2.24, 2.45) is 5.73 Å². The van der Waals surface area contributed by atoms with Crippen molar-refractivity contribution in [3.8, 4) is 0 Å². The van der Waals surface area contributed by atoms with E-state index in [4.69, 9.17) is 24.3 Å². The summed E-state index contributed by atoms with van der Waals surface area (Å²) in [6.07, 6.45) is 118. The zero-order valence-corrected chi connectivity index (χ0v) is 61.2. The maximum atomic E-state index is 12.8. The standard InChI is InChI=1S/C85H138NO8P/c1-3-5-7-9-11-13-15-17-19-21-23-25-27-29-31-33-35-37-39-41-43-45-47-49-51-53-55-57-59-61-63-65-67-69-71-73-75-77-84(87)91-81-83(82-93-95(89,90)92-80-79-86)94-85(88)78-76-74-72-70-68-66-64-62-60-58-56-54-52-50-48-46-44-42-40-38-36-34-32-30-28-26-24-22-20-18-16-14-12-10-8-6-4-2/h5-8,11-14,17-20,23-26,29-32,35-38,41-44,47-50,83H,3-4,9-10,15-16,21-22,27-28,33-34,39-40,45-46,51-82,86H2,1-2H3,(H,89,90)/b7-5-,8-6-,13-11-,14-12-,19-17-,20-18-,25-23-,26-24-,31-29-,32-30-,37-35-,38-36-,43-41-,44-42-,49-47-,50-48-. The predicted octanol–water partition coefficient (Wildman–Crippen LogP) is 25.6. The summed E-state index contributed by atoms with van der Waals surface area (Å²) in [5, 5.41) is 0. The summed E-state index contributed by atoms with van der Waals surface area (Å²) in [4.78, 5) is 35.4. The quantitative estimate of drug-likeness (QED) is 0.0264. The summed E-state index contributed by atoms with van der Waals surface area (Å²) >= 11 is 0. The number of phosphoric acid groups is 1. The molecule has 10 heteroatoms. The zero-order valence-electron chi connectivity index (χ0n) is 60.3. The van der Waals surface area contributed by atoms with Crippen LogP contribution < -0.4 is 5.73 Å². The van der Waals surface area contributed by atoms with Crippen LogP contribution in [0.3, 0.4) is 0 Å². The highest BCUT2D eigenvalue weighted by molar-refractivity contribution is 7.47. The third-order valence-corrected chi connectivity index (χ3v) is 16.5. The molecule has 0 saturated heterocycles. The average molecular weight is 1330 g/mol. The fourth-order valence-electron chi connectivity index (χ4n) is 9.96. The highest BCUT2D eigenvalue weighted by Gasteiger charge is 2.26. The number of unbranched alkanes of at least 4 members (excludes halogenated alkanes) is 24. The van der Waals surface area contributed by atoms with Gasteiger partial charge in [0.2, 0.25) is 0 Å². The lowest BCUT2D eigenvalue weighted by atomic mass is 10.0. The topological polar surface area (TPSA) is 134 Å². The molecule has 536 valence electrons. The molecular formula is C85H138NO8P. The third-order valence-electron chi connectivity index (χ3n) is 15.5. The van der Waals surface area contributed by atoms with Crippen LogP contribution in [0.25, 0.3) is 0 Å². The molecule has 0 saturated carbocycles. The van der Waals surface area contributed by atoms with E-state index in [1.165, 1.54) is 109 Å². The summed E-state index contributed by atoms with van der Waals surface area (Å²) in [6.45, 7) is 3.51. The lowest BCUT2D eigenvalue weighted by Gasteiger charge is -2.19. The molecule has 9 nitrogen and oxygen atoms in total. The van der Waals surface area contributed by atoms with Crippen molar-refractivity contribution >= 4 is 19.8 Å². The number of hydrogen-bond donors (Lipinski definition) is 2. The Balaban J connectivity index is 3.93. The van der Waals surface area contributed by atoms with Crippen molar-refractivity contribution in [3.63, 3.8) is 0 Å². The largest absolute Gasteiger partial charge is 0.472 e. The highest BCUT2D eigenvalue weighted by Crippen LogP contribution is 2.43. The molecule has 0 aromatic rings. The first-order valence-electron chi connectivity index (χ1n) is 37.9. The van der Waals surface area contributed by atoms with Crippen molar-refractivity contribution in [1.29, 1.82) is 0 Å². The Hall–Kier alpha value is -5.15. The molecule has 0 amide bonds. The fraction of sp³-hybridized carbons (Fsp3) is 0.600. The van der Waals surface area contributed by atoms with Crippen LogP contribution in [0.15, 0.2) is 194 Å². The van der Waals surface area contributed by atoms with E-state index in [9.17, 15) is 19.0 Å². The van der Waals surface area contributed by atoms with Crippen LogP contribution in [0.2, 0.25) is 0 Å². The van der Waals surface area contributed by atoms with E-state index in [0.717, 1.165) is 154 Å². The van der Waals surface area contributed by atoms with Crippen molar-refractivity contribution in [2.75, 3.05) is 26.4 Å². The van der Waals surface area contributed by atoms with E-state index < -0.39 is 26.5 Å². The molecule has 0 aliphatic carbocycles. The van der Waals surface area contributed by atoms with E-state index in [0.29, 0.717) is 6.42 Å². The maximum Gasteiger partial charge on any atom is 0.472 e. The number of nitrogens with two attached hydrogens (primary N) is 1. The monoisotopic (exact) mass is 1330 g/mol. The molecule has 0 aliphatic rings. The van der Waals surface area contributed by atoms with E-state index in [1.807, 2.05) is 0 Å². The van der Waals surface area contributed by atoms with Crippen LogP contribution in [0.5, 0.6) is 0 Å². The van der Waals surface area contributed by atoms with Gasteiger partial charge in [0, 0.05) is 19.4 Å². The van der Waals surface area contributed by atoms with Crippen LogP contribution in [0.1, 0.15) is 296 Å². The van der Waals surface area contributed by atoms with Crippen LogP contribution in [0.4, 0.5) is 0 Å². The molecule has 0 spiro atoms. The summed E-state index contributed by atoms with van der Waals surface area (Å²) in [5.74, 6) is -0.838. The van der Waals surface area contributed by atoms with Crippen LogP contribution in [-0.4, -0.2) is 49.3 Å². The number of carbonyl (C=O) groups is 2. The van der Waals surface area contributed by atoms with Gasteiger partial charge in [-0.15, -0.1) is 0 Å². The Labute approximate surface area is 583 Å². The van der Waals surface area contributed by atoms with Gasteiger partial charge in [-0.25, -0.2) is 4.57 Å². The Morgan fingerprint density at radius 3 is 0.811 bits per heavy atom. The van der Waals surface area contributed by atoms with Gasteiger partial charge in [0.25, 0.3) is 0 Å². The second kappa shape index (κ2) is 77.9. The Kier molecular flexibility index (Phi) is 73.6. The molecular weight excluding hydrogens is 1190 g/mol. The molecule has 0 fully saturated rings. The smallest absolute Gasteiger partial charge is 0.462 e. The van der Waals surface area contributed by atoms with Gasteiger partial charge in [0.15, 0.2) is 6.10 Å². The van der Waals surface area contributed by atoms with Gasteiger partial charge in [0.05, 0.1) is 13.2 Å². The third kappa shape index (κ3) is 77.7. The summed E-state index contributed by atoms with van der Waals surface area (Å²) < 4.78 is 33.2. The first kappa shape index (κ1) is 89.8. The van der Waals surface area contributed by atoms with Crippen molar-refractivity contribution in [3.05, 3.63) is 194 Å². The Morgan fingerprint density at radius 1 is 0.316 bits per heavy atom. The molecule has 2 unspecified atom stereocenters. The number of carbonyl (C=O) groups excluding carboxylic acids is 2. The summed E-state index contributed by atoms with van der Waals surface area (Å²) in [5.41, 5.74) is 5.41. The lowest BCUT2D eigenvalue weighted by Crippen LogP contribution is -2.29. The SMILES string of the molecule is CC/C=C\C/C=C\C/C=C\C/C=C\C/C=C\C/C=C\C/C=C\C/C=C\CCCCCCCCCCCCCCC(=O)OCC(COP(=O)(O)OCCN)OC(=O)CCCCCCCCCCCCCC/C=C\C/C=C\C/C=C\C/C=C\C/C=C\C/C=C\C/C=C\C/C=C\CC. The normalized spacial score (nSPS) is 14.0. The van der Waals surface area contributed by atoms with E-state index in [-0.39, 0.29) is 38.6 Å². The number of phosphoric ester groups is 1. The minimum atomic E-state index is -4.41. The van der Waals surface area contributed by atoms with Crippen LogP contribution in [0, 0.1) is 0 Å². The molecule has 0 aromatic heterocycles. The van der Waals surface area contributed by atoms with E-state index >= 15 is 0 Å². The van der Waals surface area contributed by atoms with Gasteiger partial charge in [-0.2, -0.15) is 0 Å². The molecule has 0 aromatic carbocycles. The number of ether oxygens (including phenoxy) is 2. The average Bonchev–Trinajstić information content (AvgIpc) is 1.55. The molecule has 0 heterocycles. The van der Waals surface area contributed by atoms with Gasteiger partial charge in [-0.1, -0.05) is 337 Å². The Bertz CT molecular complexity index is 2270. The van der Waals surface area contributed by atoms with Gasteiger partial charge in [-0.05, 0) is 141 Å². The maximum absolute atomic E-state index is 12.8. The second-order valence-electron chi connectivity index (χ2n) is 24.4. The van der Waals surface area contributed by atoms with Crippen LogP contribution >= 0.6 is 7.82 Å². The van der Waals surface area contributed by atoms with Crippen LogP contribution in [-0.2, 0) is 32.7 Å². The number of hydrogen-bond acceptors (Lipinski definition) is 8. The minimum Gasteiger partial charge on any atom is -0.462 e. The summed E-state index contributed by atoms with van der Waals surface area (Å²) in [7, 11) is -4.41. The molecule has 2 atom stereocenters. The van der Waals surface area contributed by atoms with E-state index in [1.54, 1.807) is 0 Å². The fourth-order valence-corrected chi connectivity index (χ4v) is 10.7. The van der Waals surface area contributed by atoms with Gasteiger partial charge < -0.3 is 20.1 Å². The Morgan fingerprint density at radius 2 is 0.547 bits per heavy atom. The van der Waals surface area contributed by atoms with Crippen molar-refractivity contribution in [2.45, 2.75) is 302 Å². The van der Waals surface area contributed by atoms with Crippen molar-refractivity contribution < 1.29 is 37.6 Å². The van der Waals surface area contributed by atoms with Gasteiger partial charge in [0.1, 0.15) is 6.61 Å². The number of esters is 2. The zero-order chi connectivity index (χ0) is 68.6. The molecule has 0 aliphatic heterocycles. The highest BCUT2D eigenvalue weighted by atomic mass is 31.2. The molecule has 95 heavy (non-hydrogen) atoms. The predicted molar refractivity (Wildman–Crippen MR) is 412 cm³/mol. The lowest BCUT2D eigenvalue weighted by molar-refractivity contribution is -0.161. The minimum absolute atomic E-state index is 0.0447. The first-order valence-corrected chi connectivity index (χ1v) is 39.4. The number of rotatable bonds is 69. The van der Waals surface area contributed by atoms with Gasteiger partial charge >= 0.3 is 19.8 Å². The van der Waals surface area contributed by atoms with Gasteiger partial charge in [-0.3, -0.25) is 18.6 Å². The molecule has 0 bridgehead atoms. The van der Waals surface area contributed by atoms with Crippen molar-refractivity contribution in [1.82, 2.24) is 0 Å². The molecule has 0 rings (SSSR count). The number of allylic oxidation sites excluding steroid dienone is 32. The molecule has 0 radical (unpaired) electrons. The second-order valence-corrected chi connectivity index (χ2v) is 25.9. The van der Waals surface area contributed by atoms with E-state index in [2.05, 4.69) is 208 Å². The first-order chi connectivity index (χ1) is 46.8. The molecule has 3 N–H and O–H groups in total.